The minimum Gasteiger partial charge on any atom is -0.480 e. The molecule has 2 aromatic rings. The molecule has 2 heterocycles. The van der Waals surface area contributed by atoms with Crippen molar-refractivity contribution < 1.29 is 14.7 Å². The summed E-state index contributed by atoms with van der Waals surface area (Å²) in [5, 5.41) is 10.5. The zero-order valence-electron chi connectivity index (χ0n) is 9.38. The van der Waals surface area contributed by atoms with Gasteiger partial charge in [0.15, 0.2) is 11.2 Å². The lowest BCUT2D eigenvalue weighted by Gasteiger charge is -2.02. The molecule has 0 aromatic carbocycles. The van der Waals surface area contributed by atoms with Crippen LogP contribution < -0.4 is 16.6 Å². The van der Waals surface area contributed by atoms with Crippen molar-refractivity contribution >= 4 is 29.0 Å². The average Bonchev–Trinajstić information content (AvgIpc) is 2.34. The summed E-state index contributed by atoms with van der Waals surface area (Å²) in [6, 6.07) is 0. The number of aromatic nitrogens is 4. The van der Waals surface area contributed by atoms with Crippen molar-refractivity contribution in [2.75, 3.05) is 12.3 Å². The molecular formula is C9H8N6O4. The lowest BCUT2D eigenvalue weighted by Crippen LogP contribution is -2.30. The van der Waals surface area contributed by atoms with Crippen LogP contribution in [0.3, 0.4) is 0 Å². The number of carbonyl (C=O) groups is 2. The molecule has 0 aliphatic rings. The molecule has 0 aliphatic heterocycles. The number of nitrogens with zero attached hydrogens (tertiary/aromatic N) is 3. The third kappa shape index (κ3) is 2.62. The standard InChI is InChI=1S/C9H8N6O4/c10-9-14-6-5(8(19)15-9)11-1-3(13-6)7(18)12-2-4(16)17/h1H,2H2,(H,12,18)(H,16,17)(H3,10,13,14,15,19). The van der Waals surface area contributed by atoms with Crippen molar-refractivity contribution in [3.63, 3.8) is 0 Å². The Kier molecular flexibility index (Phi) is 3.06. The van der Waals surface area contributed by atoms with E-state index < -0.39 is 24.0 Å². The fraction of sp³-hybridized carbons (Fsp3) is 0.111. The zero-order valence-corrected chi connectivity index (χ0v) is 9.38. The maximum Gasteiger partial charge on any atom is 0.322 e. The highest BCUT2D eigenvalue weighted by atomic mass is 16.4. The van der Waals surface area contributed by atoms with Crippen LogP contribution >= 0.6 is 0 Å². The van der Waals surface area contributed by atoms with E-state index in [2.05, 4.69) is 25.3 Å². The summed E-state index contributed by atoms with van der Waals surface area (Å²) >= 11 is 0. The highest BCUT2D eigenvalue weighted by Gasteiger charge is 2.12. The molecule has 5 N–H and O–H groups in total. The summed E-state index contributed by atoms with van der Waals surface area (Å²) in [5.41, 5.74) is 4.44. The Morgan fingerprint density at radius 2 is 2.16 bits per heavy atom. The Morgan fingerprint density at radius 1 is 1.42 bits per heavy atom. The number of hydrogen-bond donors (Lipinski definition) is 4. The van der Waals surface area contributed by atoms with Crippen molar-refractivity contribution in [1.82, 2.24) is 25.3 Å². The predicted molar refractivity (Wildman–Crippen MR) is 62.3 cm³/mol. The largest absolute Gasteiger partial charge is 0.480 e. The number of hydrogen-bond acceptors (Lipinski definition) is 7. The van der Waals surface area contributed by atoms with Crippen LogP contribution in [-0.2, 0) is 4.79 Å². The number of H-pyrrole nitrogens is 1. The van der Waals surface area contributed by atoms with Crippen molar-refractivity contribution in [1.29, 1.82) is 0 Å². The fourth-order valence-corrected chi connectivity index (χ4v) is 1.29. The number of aromatic amines is 1. The van der Waals surface area contributed by atoms with Gasteiger partial charge in [-0.3, -0.25) is 19.4 Å². The smallest absolute Gasteiger partial charge is 0.322 e. The first-order chi connectivity index (χ1) is 8.97. The number of anilines is 1. The second kappa shape index (κ2) is 4.68. The molecular weight excluding hydrogens is 256 g/mol. The minimum atomic E-state index is -1.19. The number of amides is 1. The van der Waals surface area contributed by atoms with Crippen molar-refractivity contribution in [2.45, 2.75) is 0 Å². The Morgan fingerprint density at radius 3 is 2.84 bits per heavy atom. The summed E-state index contributed by atoms with van der Waals surface area (Å²) in [4.78, 5) is 46.8. The first kappa shape index (κ1) is 12.4. The van der Waals surface area contributed by atoms with Crippen molar-refractivity contribution in [2.24, 2.45) is 0 Å². The molecule has 0 saturated carbocycles. The second-order valence-corrected chi connectivity index (χ2v) is 3.46. The van der Waals surface area contributed by atoms with Crippen molar-refractivity contribution in [3.05, 3.63) is 22.2 Å². The number of rotatable bonds is 3. The maximum absolute atomic E-state index is 11.5. The number of nitrogen functional groups attached to an aromatic ring is 1. The van der Waals surface area contributed by atoms with Gasteiger partial charge in [-0.1, -0.05) is 0 Å². The SMILES string of the molecule is Nc1nc2nc(C(=O)NCC(=O)O)cnc2c(=O)[nH]1. The second-order valence-electron chi connectivity index (χ2n) is 3.46. The van der Waals surface area contributed by atoms with Gasteiger partial charge in [-0.25, -0.2) is 9.97 Å². The highest BCUT2D eigenvalue weighted by molar-refractivity contribution is 5.94. The van der Waals surface area contributed by atoms with Gasteiger partial charge in [-0.15, -0.1) is 0 Å². The molecule has 0 fully saturated rings. The van der Waals surface area contributed by atoms with E-state index in [9.17, 15) is 14.4 Å². The molecule has 0 atom stereocenters. The molecule has 10 heteroatoms. The number of aliphatic carboxylic acids is 1. The molecule has 0 unspecified atom stereocenters. The molecule has 1 amide bonds. The highest BCUT2D eigenvalue weighted by Crippen LogP contribution is 2.02. The summed E-state index contributed by atoms with van der Waals surface area (Å²) in [6.07, 6.45) is 1.05. The third-order valence-electron chi connectivity index (χ3n) is 2.07. The van der Waals surface area contributed by atoms with Gasteiger partial charge in [0.05, 0.1) is 6.20 Å². The normalized spacial score (nSPS) is 10.3. The molecule has 0 saturated heterocycles. The van der Waals surface area contributed by atoms with Gasteiger partial charge in [0.2, 0.25) is 5.95 Å². The van der Waals surface area contributed by atoms with Crippen LogP contribution in [0.1, 0.15) is 10.5 Å². The Labute approximate surface area is 104 Å². The summed E-state index contributed by atoms with van der Waals surface area (Å²) in [5.74, 6) is -2.09. The molecule has 2 aromatic heterocycles. The fourth-order valence-electron chi connectivity index (χ4n) is 1.29. The van der Waals surface area contributed by atoms with Crippen LogP contribution in [-0.4, -0.2) is 43.5 Å². The topological polar surface area (TPSA) is 164 Å². The van der Waals surface area contributed by atoms with E-state index in [0.29, 0.717) is 0 Å². The van der Waals surface area contributed by atoms with Crippen LogP contribution in [0.4, 0.5) is 5.95 Å². The summed E-state index contributed by atoms with van der Waals surface area (Å²) < 4.78 is 0. The van der Waals surface area contributed by atoms with E-state index in [-0.39, 0.29) is 22.8 Å². The molecule has 19 heavy (non-hydrogen) atoms. The van der Waals surface area contributed by atoms with E-state index in [0.717, 1.165) is 6.20 Å². The van der Waals surface area contributed by atoms with Crippen LogP contribution in [0.5, 0.6) is 0 Å². The van der Waals surface area contributed by atoms with Gasteiger partial charge in [0.25, 0.3) is 11.5 Å². The lowest BCUT2D eigenvalue weighted by molar-refractivity contribution is -0.135. The van der Waals surface area contributed by atoms with Gasteiger partial charge in [-0.2, -0.15) is 4.98 Å². The van der Waals surface area contributed by atoms with Crippen molar-refractivity contribution in [3.8, 4) is 0 Å². The molecule has 0 radical (unpaired) electrons. The first-order valence-corrected chi connectivity index (χ1v) is 5.00. The molecule has 0 spiro atoms. The van der Waals surface area contributed by atoms with Crippen LogP contribution in [0.2, 0.25) is 0 Å². The van der Waals surface area contributed by atoms with Gasteiger partial charge >= 0.3 is 5.97 Å². The van der Waals surface area contributed by atoms with E-state index in [1.807, 2.05) is 0 Å². The molecule has 2 rings (SSSR count). The quantitative estimate of drug-likeness (QED) is 0.499. The lowest BCUT2D eigenvalue weighted by atomic mass is 10.4. The Balaban J connectivity index is 2.38. The molecule has 0 aliphatic carbocycles. The van der Waals surface area contributed by atoms with Crippen LogP contribution in [0.25, 0.3) is 11.2 Å². The summed E-state index contributed by atoms with van der Waals surface area (Å²) in [7, 11) is 0. The molecule has 98 valence electrons. The van der Waals surface area contributed by atoms with E-state index in [1.165, 1.54) is 0 Å². The monoisotopic (exact) mass is 264 g/mol. The number of fused-ring (bicyclic) bond motifs is 1. The predicted octanol–water partition coefficient (Wildman–Crippen LogP) is -1.89. The third-order valence-corrected chi connectivity index (χ3v) is 2.07. The van der Waals surface area contributed by atoms with Gasteiger partial charge < -0.3 is 16.2 Å². The Hall–Kier alpha value is -3.04. The van der Waals surface area contributed by atoms with E-state index >= 15 is 0 Å². The average molecular weight is 264 g/mol. The first-order valence-electron chi connectivity index (χ1n) is 5.00. The number of nitrogens with two attached hydrogens (primary N) is 1. The maximum atomic E-state index is 11.5. The molecule has 10 nitrogen and oxygen atoms in total. The van der Waals surface area contributed by atoms with Crippen LogP contribution in [0.15, 0.2) is 11.0 Å². The summed E-state index contributed by atoms with van der Waals surface area (Å²) in [6.45, 7) is -0.552. The number of carbonyl (C=O) groups excluding carboxylic acids is 1. The number of carboxylic acid groups (broad SMARTS) is 1. The van der Waals surface area contributed by atoms with Gasteiger partial charge in [0, 0.05) is 0 Å². The number of carboxylic acids is 1. The minimum absolute atomic E-state index is 0.0658. The van der Waals surface area contributed by atoms with Crippen LogP contribution in [0, 0.1) is 0 Å². The van der Waals surface area contributed by atoms with Gasteiger partial charge in [-0.05, 0) is 0 Å². The zero-order chi connectivity index (χ0) is 14.0. The number of nitrogens with one attached hydrogen (secondary N) is 2. The van der Waals surface area contributed by atoms with Gasteiger partial charge in [0.1, 0.15) is 12.2 Å². The Bertz CT molecular complexity index is 724. The van der Waals surface area contributed by atoms with E-state index in [4.69, 9.17) is 10.8 Å². The van der Waals surface area contributed by atoms with E-state index in [1.54, 1.807) is 0 Å². The molecule has 0 bridgehead atoms.